The fourth-order valence-electron chi connectivity index (χ4n) is 3.12. The Balaban J connectivity index is 1.44. The SMILES string of the molecule is Cc1cnn([C@H]2[C@H](O)C[C@@H]2NCc2ccc3cn[nH]c3c2)c1. The standard InChI is InChI=1S/C16H19N5O/c1-10-6-19-21(9-10)16-14(5-15(16)22)17-7-11-2-3-12-8-18-20-13(12)4-11/h2-4,6,8-9,14-17,22H,5,7H2,1H3,(H,18,20)/t14-,15+,16+/m0/s1. The number of aliphatic hydroxyl groups excluding tert-OH is 1. The van der Waals surface area contributed by atoms with E-state index < -0.39 is 0 Å². The van der Waals surface area contributed by atoms with Gasteiger partial charge in [-0.2, -0.15) is 10.2 Å². The summed E-state index contributed by atoms with van der Waals surface area (Å²) < 4.78 is 1.87. The third-order valence-corrected chi connectivity index (χ3v) is 4.41. The Labute approximate surface area is 128 Å². The number of fused-ring (bicyclic) bond motifs is 1. The predicted molar refractivity (Wildman–Crippen MR) is 83.3 cm³/mol. The molecule has 1 saturated carbocycles. The lowest BCUT2D eigenvalue weighted by Crippen LogP contribution is -2.54. The van der Waals surface area contributed by atoms with Gasteiger partial charge in [0.25, 0.3) is 0 Å². The van der Waals surface area contributed by atoms with Crippen molar-refractivity contribution in [2.24, 2.45) is 0 Å². The van der Waals surface area contributed by atoms with Crippen molar-refractivity contribution in [1.29, 1.82) is 0 Å². The van der Waals surface area contributed by atoms with Gasteiger partial charge in [-0.25, -0.2) is 0 Å². The van der Waals surface area contributed by atoms with Gasteiger partial charge in [-0.3, -0.25) is 9.78 Å². The number of nitrogens with one attached hydrogen (secondary N) is 2. The maximum absolute atomic E-state index is 10.0. The summed E-state index contributed by atoms with van der Waals surface area (Å²) in [6.45, 7) is 2.78. The van der Waals surface area contributed by atoms with Crippen LogP contribution in [0.2, 0.25) is 0 Å². The van der Waals surface area contributed by atoms with Gasteiger partial charge in [0.05, 0.1) is 30.1 Å². The third kappa shape index (κ3) is 2.30. The van der Waals surface area contributed by atoms with Gasteiger partial charge in [0.1, 0.15) is 0 Å². The summed E-state index contributed by atoms with van der Waals surface area (Å²) in [5, 5.41) is 26.0. The van der Waals surface area contributed by atoms with E-state index in [1.165, 1.54) is 5.56 Å². The van der Waals surface area contributed by atoms with Crippen molar-refractivity contribution in [3.05, 3.63) is 47.9 Å². The van der Waals surface area contributed by atoms with Crippen molar-refractivity contribution in [2.45, 2.75) is 38.1 Å². The third-order valence-electron chi connectivity index (χ3n) is 4.41. The number of H-pyrrole nitrogens is 1. The monoisotopic (exact) mass is 297 g/mol. The van der Waals surface area contributed by atoms with Crippen LogP contribution in [0.5, 0.6) is 0 Å². The lowest BCUT2D eigenvalue weighted by atomic mass is 9.83. The minimum atomic E-state index is -0.327. The summed E-state index contributed by atoms with van der Waals surface area (Å²) in [6.07, 6.45) is 6.07. The summed E-state index contributed by atoms with van der Waals surface area (Å²) in [5.41, 5.74) is 3.36. The van der Waals surface area contributed by atoms with Gasteiger partial charge in [0, 0.05) is 24.2 Å². The van der Waals surface area contributed by atoms with Crippen LogP contribution in [0, 0.1) is 6.92 Å². The van der Waals surface area contributed by atoms with Crippen molar-refractivity contribution in [3.8, 4) is 0 Å². The Bertz CT molecular complexity index is 793. The molecule has 1 aromatic carbocycles. The molecular formula is C16H19N5O. The predicted octanol–water partition coefficient (Wildman–Crippen LogP) is 1.53. The molecule has 1 fully saturated rings. The molecule has 0 aliphatic heterocycles. The van der Waals surface area contributed by atoms with E-state index in [9.17, 15) is 5.11 Å². The van der Waals surface area contributed by atoms with Crippen LogP contribution in [-0.2, 0) is 6.54 Å². The molecule has 0 radical (unpaired) electrons. The van der Waals surface area contributed by atoms with Gasteiger partial charge < -0.3 is 10.4 Å². The molecule has 4 rings (SSSR count). The fourth-order valence-corrected chi connectivity index (χ4v) is 3.12. The highest BCUT2D eigenvalue weighted by atomic mass is 16.3. The molecule has 2 heterocycles. The minimum Gasteiger partial charge on any atom is -0.391 e. The summed E-state index contributed by atoms with van der Waals surface area (Å²) in [4.78, 5) is 0. The lowest BCUT2D eigenvalue weighted by Gasteiger charge is -2.42. The molecule has 6 nitrogen and oxygen atoms in total. The molecule has 0 spiro atoms. The number of nitrogens with zero attached hydrogens (tertiary/aromatic N) is 3. The number of hydrogen-bond donors (Lipinski definition) is 3. The van der Waals surface area contributed by atoms with Crippen molar-refractivity contribution in [2.75, 3.05) is 0 Å². The molecule has 0 unspecified atom stereocenters. The van der Waals surface area contributed by atoms with Crippen LogP contribution in [0.3, 0.4) is 0 Å². The molecule has 3 aromatic rings. The van der Waals surface area contributed by atoms with E-state index in [2.05, 4.69) is 38.8 Å². The number of aliphatic hydroxyl groups is 1. The maximum atomic E-state index is 10.0. The molecule has 0 bridgehead atoms. The smallest absolute Gasteiger partial charge is 0.0932 e. The highest BCUT2D eigenvalue weighted by Crippen LogP contribution is 2.32. The molecular weight excluding hydrogens is 278 g/mol. The summed E-state index contributed by atoms with van der Waals surface area (Å²) in [7, 11) is 0. The fraction of sp³-hybridized carbons (Fsp3) is 0.375. The quantitative estimate of drug-likeness (QED) is 0.682. The van der Waals surface area contributed by atoms with Gasteiger partial charge >= 0.3 is 0 Å². The average Bonchev–Trinajstić information content (AvgIpc) is 3.11. The average molecular weight is 297 g/mol. The Kier molecular flexibility index (Phi) is 3.20. The largest absolute Gasteiger partial charge is 0.391 e. The molecule has 114 valence electrons. The lowest BCUT2D eigenvalue weighted by molar-refractivity contribution is -0.00823. The molecule has 2 aromatic heterocycles. The summed E-state index contributed by atoms with van der Waals surface area (Å²) >= 11 is 0. The van der Waals surface area contributed by atoms with E-state index in [0.29, 0.717) is 0 Å². The molecule has 3 atom stereocenters. The van der Waals surface area contributed by atoms with Crippen molar-refractivity contribution in [3.63, 3.8) is 0 Å². The molecule has 6 heteroatoms. The topological polar surface area (TPSA) is 78.8 Å². The van der Waals surface area contributed by atoms with E-state index in [1.54, 1.807) is 0 Å². The first-order chi connectivity index (χ1) is 10.7. The highest BCUT2D eigenvalue weighted by molar-refractivity contribution is 5.78. The van der Waals surface area contributed by atoms with E-state index >= 15 is 0 Å². The molecule has 22 heavy (non-hydrogen) atoms. The first-order valence-electron chi connectivity index (χ1n) is 7.55. The maximum Gasteiger partial charge on any atom is 0.0932 e. The second-order valence-electron chi connectivity index (χ2n) is 6.07. The first-order valence-corrected chi connectivity index (χ1v) is 7.55. The normalized spacial score (nSPS) is 24.5. The van der Waals surface area contributed by atoms with Crippen LogP contribution in [0.1, 0.15) is 23.6 Å². The van der Waals surface area contributed by atoms with Crippen molar-refractivity contribution < 1.29 is 5.11 Å². The van der Waals surface area contributed by atoms with Gasteiger partial charge in [-0.15, -0.1) is 0 Å². The van der Waals surface area contributed by atoms with Crippen LogP contribution < -0.4 is 5.32 Å². The Morgan fingerprint density at radius 1 is 1.41 bits per heavy atom. The number of aromatic amines is 1. The second-order valence-corrected chi connectivity index (χ2v) is 6.07. The highest BCUT2D eigenvalue weighted by Gasteiger charge is 2.41. The number of hydrogen-bond acceptors (Lipinski definition) is 4. The Morgan fingerprint density at radius 3 is 3.09 bits per heavy atom. The van der Waals surface area contributed by atoms with Crippen LogP contribution in [0.4, 0.5) is 0 Å². The van der Waals surface area contributed by atoms with Crippen molar-refractivity contribution in [1.82, 2.24) is 25.3 Å². The molecule has 0 saturated heterocycles. The van der Waals surface area contributed by atoms with Gasteiger partial charge in [0.2, 0.25) is 0 Å². The van der Waals surface area contributed by atoms with Crippen LogP contribution in [0.15, 0.2) is 36.8 Å². The van der Waals surface area contributed by atoms with Gasteiger partial charge in [-0.05, 0) is 30.5 Å². The zero-order valence-electron chi connectivity index (χ0n) is 12.4. The van der Waals surface area contributed by atoms with E-state index in [4.69, 9.17) is 0 Å². The van der Waals surface area contributed by atoms with Crippen molar-refractivity contribution >= 4 is 10.9 Å². The zero-order valence-corrected chi connectivity index (χ0v) is 12.4. The number of aromatic nitrogens is 4. The van der Waals surface area contributed by atoms with Gasteiger partial charge in [0.15, 0.2) is 0 Å². The summed E-state index contributed by atoms with van der Waals surface area (Å²) in [6, 6.07) is 6.54. The van der Waals surface area contributed by atoms with Gasteiger partial charge in [-0.1, -0.05) is 12.1 Å². The Morgan fingerprint density at radius 2 is 2.32 bits per heavy atom. The second kappa shape index (κ2) is 5.23. The van der Waals surface area contributed by atoms with Crippen LogP contribution in [-0.4, -0.2) is 37.2 Å². The van der Waals surface area contributed by atoms with Crippen LogP contribution in [0.25, 0.3) is 10.9 Å². The molecule has 0 amide bonds. The van der Waals surface area contributed by atoms with E-state index in [1.807, 2.05) is 30.2 Å². The van der Waals surface area contributed by atoms with E-state index in [-0.39, 0.29) is 18.2 Å². The number of benzene rings is 1. The number of rotatable bonds is 4. The van der Waals surface area contributed by atoms with E-state index in [0.717, 1.165) is 29.4 Å². The zero-order chi connectivity index (χ0) is 15.1. The number of aryl methyl sites for hydroxylation is 1. The summed E-state index contributed by atoms with van der Waals surface area (Å²) in [5.74, 6) is 0. The molecule has 3 N–H and O–H groups in total. The first kappa shape index (κ1) is 13.5. The minimum absolute atomic E-state index is 0.0181. The van der Waals surface area contributed by atoms with Crippen LogP contribution >= 0.6 is 0 Å². The molecule has 1 aliphatic rings. The molecule has 1 aliphatic carbocycles. The Hall–Kier alpha value is -2.18.